The summed E-state index contributed by atoms with van der Waals surface area (Å²) in [7, 11) is 5.58. The number of carbonyl (C=O) groups is 3. The van der Waals surface area contributed by atoms with Gasteiger partial charge in [0.1, 0.15) is 12.8 Å². The standard InChI is InChI=1S/C12H19NO5/c1-13(2,3)9-10(8-11(15)16)18-12(17)6-4-5-7-14/h4,6-7,10H,5,8-9H2,1-3H3. The molecule has 102 valence electrons. The Morgan fingerprint density at radius 3 is 2.39 bits per heavy atom. The number of aldehydes is 1. The van der Waals surface area contributed by atoms with Gasteiger partial charge in [-0.3, -0.25) is 0 Å². The second-order valence-corrected chi connectivity index (χ2v) is 4.91. The van der Waals surface area contributed by atoms with Gasteiger partial charge < -0.3 is 23.9 Å². The molecule has 0 rings (SSSR count). The number of carbonyl (C=O) groups excluding carboxylic acids is 3. The second-order valence-electron chi connectivity index (χ2n) is 4.91. The number of hydrogen-bond donors (Lipinski definition) is 0. The zero-order valence-electron chi connectivity index (χ0n) is 10.9. The summed E-state index contributed by atoms with van der Waals surface area (Å²) in [5, 5.41) is 10.6. The van der Waals surface area contributed by atoms with Gasteiger partial charge in [-0.05, 0) is 0 Å². The van der Waals surface area contributed by atoms with Crippen molar-refractivity contribution in [2.75, 3.05) is 27.7 Å². The number of likely N-dealkylation sites (N-methyl/N-ethyl adjacent to an activating group) is 1. The molecule has 0 aromatic heterocycles. The minimum Gasteiger partial charge on any atom is -0.550 e. The highest BCUT2D eigenvalue weighted by Gasteiger charge is 2.21. The Labute approximate surface area is 106 Å². The summed E-state index contributed by atoms with van der Waals surface area (Å²) in [4.78, 5) is 32.0. The predicted molar refractivity (Wildman–Crippen MR) is 62.2 cm³/mol. The molecule has 0 aliphatic carbocycles. The van der Waals surface area contributed by atoms with Crippen molar-refractivity contribution in [1.82, 2.24) is 0 Å². The minimum absolute atomic E-state index is 0.121. The molecule has 0 heterocycles. The van der Waals surface area contributed by atoms with Crippen LogP contribution in [-0.4, -0.2) is 56.5 Å². The van der Waals surface area contributed by atoms with Crippen molar-refractivity contribution in [3.63, 3.8) is 0 Å². The summed E-state index contributed by atoms with van der Waals surface area (Å²) in [5.74, 6) is -1.92. The molecule has 0 N–H and O–H groups in total. The summed E-state index contributed by atoms with van der Waals surface area (Å²) < 4.78 is 5.47. The molecule has 18 heavy (non-hydrogen) atoms. The zero-order valence-corrected chi connectivity index (χ0v) is 10.9. The lowest BCUT2D eigenvalue weighted by molar-refractivity contribution is -0.873. The predicted octanol–water partition coefficient (Wildman–Crippen LogP) is -1.11. The van der Waals surface area contributed by atoms with Crippen LogP contribution in [0.15, 0.2) is 12.2 Å². The molecule has 0 radical (unpaired) electrons. The third-order valence-corrected chi connectivity index (χ3v) is 1.91. The van der Waals surface area contributed by atoms with Gasteiger partial charge in [-0.2, -0.15) is 0 Å². The normalized spacial score (nSPS) is 13.3. The van der Waals surface area contributed by atoms with Gasteiger partial charge in [0, 0.05) is 24.9 Å². The first kappa shape index (κ1) is 16.3. The number of aliphatic carboxylic acids is 1. The smallest absolute Gasteiger partial charge is 0.330 e. The molecule has 1 atom stereocenters. The van der Waals surface area contributed by atoms with E-state index in [9.17, 15) is 19.5 Å². The van der Waals surface area contributed by atoms with Crippen LogP contribution in [0, 0.1) is 0 Å². The van der Waals surface area contributed by atoms with E-state index >= 15 is 0 Å². The molecule has 0 bridgehead atoms. The Balaban J connectivity index is 4.44. The van der Waals surface area contributed by atoms with Crippen molar-refractivity contribution in [3.05, 3.63) is 12.2 Å². The second kappa shape index (κ2) is 7.60. The van der Waals surface area contributed by atoms with Gasteiger partial charge in [-0.1, -0.05) is 6.08 Å². The van der Waals surface area contributed by atoms with E-state index in [1.807, 2.05) is 21.1 Å². The molecule has 1 unspecified atom stereocenters. The van der Waals surface area contributed by atoms with E-state index in [2.05, 4.69) is 0 Å². The number of quaternary nitrogens is 1. The van der Waals surface area contributed by atoms with Gasteiger partial charge in [0.15, 0.2) is 6.10 Å². The fourth-order valence-electron chi connectivity index (χ4n) is 1.36. The quantitative estimate of drug-likeness (QED) is 0.238. The van der Waals surface area contributed by atoms with Crippen LogP contribution in [0.25, 0.3) is 0 Å². The molecule has 0 fully saturated rings. The topological polar surface area (TPSA) is 83.5 Å². The monoisotopic (exact) mass is 257 g/mol. The van der Waals surface area contributed by atoms with E-state index in [1.165, 1.54) is 6.08 Å². The van der Waals surface area contributed by atoms with Crippen molar-refractivity contribution in [3.8, 4) is 0 Å². The Hall–Kier alpha value is -1.69. The number of allylic oxidation sites excluding steroid dienone is 1. The van der Waals surface area contributed by atoms with Gasteiger partial charge in [-0.25, -0.2) is 4.79 Å². The molecule has 0 amide bonds. The molecule has 0 spiro atoms. The van der Waals surface area contributed by atoms with E-state index < -0.39 is 18.0 Å². The number of nitrogens with zero attached hydrogens (tertiary/aromatic N) is 1. The van der Waals surface area contributed by atoms with E-state index in [4.69, 9.17) is 4.74 Å². The van der Waals surface area contributed by atoms with Crippen LogP contribution in [0.5, 0.6) is 0 Å². The number of carboxylic acid groups (broad SMARTS) is 1. The molecule has 0 saturated heterocycles. The van der Waals surface area contributed by atoms with E-state index in [0.29, 0.717) is 17.3 Å². The molecule has 6 heteroatoms. The molecule has 0 aliphatic heterocycles. The lowest BCUT2D eigenvalue weighted by Crippen LogP contribution is -2.45. The van der Waals surface area contributed by atoms with E-state index in [-0.39, 0.29) is 12.8 Å². The molecular weight excluding hydrogens is 238 g/mol. The molecule has 0 aromatic carbocycles. The maximum Gasteiger partial charge on any atom is 0.330 e. The Bertz CT molecular complexity index is 330. The Kier molecular flexibility index (Phi) is 6.89. The maximum absolute atomic E-state index is 11.4. The van der Waals surface area contributed by atoms with Crippen LogP contribution in [-0.2, 0) is 19.1 Å². The largest absolute Gasteiger partial charge is 0.550 e. The van der Waals surface area contributed by atoms with Crippen LogP contribution in [0.2, 0.25) is 0 Å². The molecule has 0 aromatic rings. The van der Waals surface area contributed by atoms with Gasteiger partial charge in [0.25, 0.3) is 0 Å². The molecular formula is C12H19NO5. The summed E-state index contributed by atoms with van der Waals surface area (Å²) in [5.41, 5.74) is 0. The van der Waals surface area contributed by atoms with Crippen molar-refractivity contribution < 1.29 is 28.7 Å². The van der Waals surface area contributed by atoms with Gasteiger partial charge in [0.2, 0.25) is 0 Å². The van der Waals surface area contributed by atoms with Gasteiger partial charge in [0.05, 0.1) is 21.1 Å². The summed E-state index contributed by atoms with van der Waals surface area (Å²) in [6.07, 6.45) is 2.15. The van der Waals surface area contributed by atoms with Crippen LogP contribution in [0.1, 0.15) is 12.8 Å². The fourth-order valence-corrected chi connectivity index (χ4v) is 1.36. The summed E-state index contributed by atoms with van der Waals surface area (Å²) in [6.45, 7) is 0.362. The average Bonchev–Trinajstić information content (AvgIpc) is 2.13. The lowest BCUT2D eigenvalue weighted by Gasteiger charge is -2.28. The lowest BCUT2D eigenvalue weighted by atomic mass is 10.2. The third-order valence-electron chi connectivity index (χ3n) is 1.91. The van der Waals surface area contributed by atoms with Crippen LogP contribution < -0.4 is 5.11 Å². The minimum atomic E-state index is -1.27. The SMILES string of the molecule is C[N+](C)(C)CC(CC(=O)[O-])OC(=O)C=CCC=O. The molecule has 0 aliphatic rings. The highest BCUT2D eigenvalue weighted by Crippen LogP contribution is 2.05. The third kappa shape index (κ3) is 9.53. The summed E-state index contributed by atoms with van der Waals surface area (Å²) in [6, 6.07) is 0. The first-order valence-corrected chi connectivity index (χ1v) is 5.55. The van der Waals surface area contributed by atoms with Gasteiger partial charge in [-0.15, -0.1) is 0 Å². The van der Waals surface area contributed by atoms with Crippen LogP contribution >= 0.6 is 0 Å². The zero-order chi connectivity index (χ0) is 14.2. The van der Waals surface area contributed by atoms with Crippen molar-refractivity contribution in [2.45, 2.75) is 18.9 Å². The van der Waals surface area contributed by atoms with Crippen molar-refractivity contribution in [1.29, 1.82) is 0 Å². The van der Waals surface area contributed by atoms with E-state index in [1.54, 1.807) is 0 Å². The van der Waals surface area contributed by atoms with Crippen LogP contribution in [0.4, 0.5) is 0 Å². The molecule has 6 nitrogen and oxygen atoms in total. The summed E-state index contributed by atoms with van der Waals surface area (Å²) >= 11 is 0. The number of hydrogen-bond acceptors (Lipinski definition) is 5. The average molecular weight is 257 g/mol. The highest BCUT2D eigenvalue weighted by atomic mass is 16.5. The molecule has 0 saturated carbocycles. The fraction of sp³-hybridized carbons (Fsp3) is 0.583. The number of rotatable bonds is 8. The van der Waals surface area contributed by atoms with Crippen molar-refractivity contribution >= 4 is 18.2 Å². The first-order chi connectivity index (χ1) is 8.24. The van der Waals surface area contributed by atoms with Crippen LogP contribution in [0.3, 0.4) is 0 Å². The maximum atomic E-state index is 11.4. The van der Waals surface area contributed by atoms with E-state index in [0.717, 1.165) is 6.08 Å². The van der Waals surface area contributed by atoms with Gasteiger partial charge >= 0.3 is 5.97 Å². The van der Waals surface area contributed by atoms with Crippen molar-refractivity contribution in [2.24, 2.45) is 0 Å². The number of ether oxygens (including phenoxy) is 1. The Morgan fingerprint density at radius 1 is 1.33 bits per heavy atom. The first-order valence-electron chi connectivity index (χ1n) is 5.55. The Morgan fingerprint density at radius 2 is 1.94 bits per heavy atom. The number of esters is 1. The number of carboxylic acids is 1. The highest BCUT2D eigenvalue weighted by molar-refractivity contribution is 5.82.